The Balaban J connectivity index is 2.37. The molecule has 4 N–H and O–H groups in total. The van der Waals surface area contributed by atoms with E-state index in [0.717, 1.165) is 6.42 Å². The van der Waals surface area contributed by atoms with E-state index < -0.39 is 0 Å². The average Bonchev–Trinajstić information content (AvgIpc) is 2.32. The molecule has 0 amide bonds. The van der Waals surface area contributed by atoms with Crippen LogP contribution in [0.15, 0.2) is 0 Å². The SMILES string of the molecule is C[C@H]1CC(ON)C(CON)O1. The minimum atomic E-state index is -0.125. The molecule has 0 spiro atoms. The van der Waals surface area contributed by atoms with Gasteiger partial charge < -0.3 is 9.57 Å². The van der Waals surface area contributed by atoms with E-state index in [1.165, 1.54) is 0 Å². The highest BCUT2D eigenvalue weighted by Crippen LogP contribution is 2.21. The Morgan fingerprint density at radius 2 is 2.27 bits per heavy atom. The lowest BCUT2D eigenvalue weighted by molar-refractivity contribution is -0.0631. The first-order chi connectivity index (χ1) is 5.27. The summed E-state index contributed by atoms with van der Waals surface area (Å²) in [5.41, 5.74) is 0. The molecule has 66 valence electrons. The van der Waals surface area contributed by atoms with Crippen molar-refractivity contribution in [1.82, 2.24) is 0 Å². The number of rotatable bonds is 3. The summed E-state index contributed by atoms with van der Waals surface area (Å²) < 4.78 is 5.40. The van der Waals surface area contributed by atoms with Gasteiger partial charge in [-0.15, -0.1) is 0 Å². The van der Waals surface area contributed by atoms with Crippen molar-refractivity contribution in [2.24, 2.45) is 11.8 Å². The van der Waals surface area contributed by atoms with Crippen LogP contribution in [-0.4, -0.2) is 24.9 Å². The van der Waals surface area contributed by atoms with Crippen LogP contribution in [0.25, 0.3) is 0 Å². The highest BCUT2D eigenvalue weighted by atomic mass is 16.7. The summed E-state index contributed by atoms with van der Waals surface area (Å²) in [6, 6.07) is 0. The van der Waals surface area contributed by atoms with Gasteiger partial charge in [0.2, 0.25) is 0 Å². The van der Waals surface area contributed by atoms with Gasteiger partial charge in [-0.05, 0) is 6.92 Å². The van der Waals surface area contributed by atoms with Gasteiger partial charge in [0.25, 0.3) is 0 Å². The Bertz CT molecular complexity index is 122. The van der Waals surface area contributed by atoms with Crippen molar-refractivity contribution in [2.45, 2.75) is 31.7 Å². The third kappa shape index (κ3) is 2.11. The van der Waals surface area contributed by atoms with Crippen LogP contribution in [0, 0.1) is 0 Å². The van der Waals surface area contributed by atoms with Gasteiger partial charge in [-0.1, -0.05) is 0 Å². The second-order valence-electron chi connectivity index (χ2n) is 2.73. The van der Waals surface area contributed by atoms with E-state index in [1.54, 1.807) is 0 Å². The molecule has 1 aliphatic heterocycles. The molecule has 0 aliphatic carbocycles. The van der Waals surface area contributed by atoms with Crippen LogP contribution in [-0.2, 0) is 14.4 Å². The van der Waals surface area contributed by atoms with Crippen molar-refractivity contribution >= 4 is 0 Å². The van der Waals surface area contributed by atoms with E-state index in [1.807, 2.05) is 6.92 Å². The smallest absolute Gasteiger partial charge is 0.111 e. The molecule has 1 saturated heterocycles. The van der Waals surface area contributed by atoms with Gasteiger partial charge in [-0.25, -0.2) is 11.8 Å². The predicted molar refractivity (Wildman–Crippen MR) is 38.2 cm³/mol. The summed E-state index contributed by atoms with van der Waals surface area (Å²) in [4.78, 5) is 9.13. The van der Waals surface area contributed by atoms with Gasteiger partial charge in [0, 0.05) is 6.42 Å². The van der Waals surface area contributed by atoms with Crippen molar-refractivity contribution in [2.75, 3.05) is 6.61 Å². The molecule has 0 aromatic rings. The first kappa shape index (κ1) is 8.89. The van der Waals surface area contributed by atoms with Crippen LogP contribution in [0.5, 0.6) is 0 Å². The van der Waals surface area contributed by atoms with Crippen LogP contribution in [0.2, 0.25) is 0 Å². The van der Waals surface area contributed by atoms with Gasteiger partial charge in [0.05, 0.1) is 12.7 Å². The van der Waals surface area contributed by atoms with E-state index in [9.17, 15) is 0 Å². The fourth-order valence-electron chi connectivity index (χ4n) is 1.31. The summed E-state index contributed by atoms with van der Waals surface area (Å²) in [6.07, 6.45) is 0.752. The third-order valence-corrected chi connectivity index (χ3v) is 1.82. The standard InChI is InChI=1S/C6H14N2O3/c1-4-2-5(11-8)6(10-4)3-9-7/h4-6H,2-3,7-8H2,1H3/t4-,5?,6?/m0/s1. The highest BCUT2D eigenvalue weighted by Gasteiger charge is 2.33. The summed E-state index contributed by atoms with van der Waals surface area (Å²) in [6.45, 7) is 2.29. The van der Waals surface area contributed by atoms with Crippen LogP contribution in [0.3, 0.4) is 0 Å². The molecule has 11 heavy (non-hydrogen) atoms. The van der Waals surface area contributed by atoms with Gasteiger partial charge in [-0.3, -0.25) is 4.84 Å². The van der Waals surface area contributed by atoms with E-state index in [-0.39, 0.29) is 18.3 Å². The summed E-state index contributed by atoms with van der Waals surface area (Å²) in [7, 11) is 0. The number of nitrogens with two attached hydrogens (primary N) is 2. The maximum Gasteiger partial charge on any atom is 0.111 e. The molecule has 3 atom stereocenters. The minimum absolute atomic E-state index is 0.0893. The Morgan fingerprint density at radius 3 is 2.82 bits per heavy atom. The largest absolute Gasteiger partial charge is 0.370 e. The van der Waals surface area contributed by atoms with Crippen molar-refractivity contribution in [3.63, 3.8) is 0 Å². The quantitative estimate of drug-likeness (QED) is 0.537. The molecule has 0 radical (unpaired) electrons. The number of hydrogen-bond donors (Lipinski definition) is 2. The predicted octanol–water partition coefficient (Wildman–Crippen LogP) is -0.687. The zero-order valence-corrected chi connectivity index (χ0v) is 6.53. The molecule has 1 aliphatic rings. The molecule has 0 aromatic carbocycles. The second-order valence-corrected chi connectivity index (χ2v) is 2.73. The Labute approximate surface area is 65.5 Å². The molecule has 0 bridgehead atoms. The summed E-state index contributed by atoms with van der Waals surface area (Å²) in [5.74, 6) is 9.93. The van der Waals surface area contributed by atoms with E-state index in [0.29, 0.717) is 6.61 Å². The Kier molecular flexibility index (Phi) is 3.22. The topological polar surface area (TPSA) is 79.7 Å². The normalized spacial score (nSPS) is 37.9. The van der Waals surface area contributed by atoms with Crippen LogP contribution in [0.4, 0.5) is 0 Å². The zero-order valence-electron chi connectivity index (χ0n) is 6.53. The van der Waals surface area contributed by atoms with Crippen molar-refractivity contribution in [1.29, 1.82) is 0 Å². The van der Waals surface area contributed by atoms with Crippen LogP contribution < -0.4 is 11.8 Å². The first-order valence-electron chi connectivity index (χ1n) is 3.60. The molecule has 5 nitrogen and oxygen atoms in total. The third-order valence-electron chi connectivity index (χ3n) is 1.82. The summed E-state index contributed by atoms with van der Waals surface area (Å²) in [5, 5.41) is 0. The van der Waals surface area contributed by atoms with E-state index >= 15 is 0 Å². The molecule has 1 fully saturated rings. The average molecular weight is 162 g/mol. The van der Waals surface area contributed by atoms with Crippen molar-refractivity contribution in [3.8, 4) is 0 Å². The lowest BCUT2D eigenvalue weighted by Crippen LogP contribution is -2.32. The van der Waals surface area contributed by atoms with E-state index in [4.69, 9.17) is 16.5 Å². The number of hydrogen-bond acceptors (Lipinski definition) is 5. The fourth-order valence-corrected chi connectivity index (χ4v) is 1.31. The number of ether oxygens (including phenoxy) is 1. The van der Waals surface area contributed by atoms with Crippen LogP contribution in [0.1, 0.15) is 13.3 Å². The maximum absolute atomic E-state index is 5.40. The minimum Gasteiger partial charge on any atom is -0.370 e. The monoisotopic (exact) mass is 162 g/mol. The second kappa shape index (κ2) is 3.99. The summed E-state index contributed by atoms with van der Waals surface area (Å²) >= 11 is 0. The molecular weight excluding hydrogens is 148 g/mol. The van der Waals surface area contributed by atoms with Gasteiger partial charge in [0.1, 0.15) is 12.2 Å². The van der Waals surface area contributed by atoms with Gasteiger partial charge >= 0.3 is 0 Å². The molecule has 0 saturated carbocycles. The molecule has 1 rings (SSSR count). The molecule has 5 heteroatoms. The highest BCUT2D eigenvalue weighted by molar-refractivity contribution is 4.80. The molecule has 1 heterocycles. The molecule has 0 aromatic heterocycles. The zero-order chi connectivity index (χ0) is 8.27. The molecular formula is C6H14N2O3. The fraction of sp³-hybridized carbons (Fsp3) is 1.00. The van der Waals surface area contributed by atoms with Gasteiger partial charge in [0.15, 0.2) is 0 Å². The van der Waals surface area contributed by atoms with E-state index in [2.05, 4.69) is 9.68 Å². The lowest BCUT2D eigenvalue weighted by Gasteiger charge is -2.14. The molecule has 2 unspecified atom stereocenters. The lowest BCUT2D eigenvalue weighted by atomic mass is 10.1. The Hall–Kier alpha value is -0.200. The maximum atomic E-state index is 5.40. The van der Waals surface area contributed by atoms with Crippen LogP contribution >= 0.6 is 0 Å². The Morgan fingerprint density at radius 1 is 1.55 bits per heavy atom. The van der Waals surface area contributed by atoms with Crippen molar-refractivity contribution in [3.05, 3.63) is 0 Å². The van der Waals surface area contributed by atoms with Gasteiger partial charge in [-0.2, -0.15) is 0 Å². The van der Waals surface area contributed by atoms with Crippen molar-refractivity contribution < 1.29 is 14.4 Å². The first-order valence-corrected chi connectivity index (χ1v) is 3.60.